The molecule has 1 aromatic carbocycles. The van der Waals surface area contributed by atoms with Gasteiger partial charge in [-0.2, -0.15) is 0 Å². The van der Waals surface area contributed by atoms with Gasteiger partial charge in [0.2, 0.25) is 0 Å². The largest absolute Gasteiger partial charge is 0.465 e. The topological polar surface area (TPSA) is 107 Å². The first kappa shape index (κ1) is 14.8. The quantitative estimate of drug-likeness (QED) is 0.820. The van der Waals surface area contributed by atoms with Gasteiger partial charge < -0.3 is 19.3 Å². The lowest BCUT2D eigenvalue weighted by molar-refractivity contribution is -0.0299. The standard InChI is InChI=1S/C16H17N3O5/c20-13(10-1-2-11-12(7-10)24-14(21)17-11)18-5-3-16(4-6-18)8-19(9-16)15(22)23/h1-2,7H,3-6,8-9H2,(H,17,21)(H,22,23). The van der Waals surface area contributed by atoms with Crippen molar-refractivity contribution < 1.29 is 19.1 Å². The smallest absolute Gasteiger partial charge is 0.417 e. The Balaban J connectivity index is 1.44. The fourth-order valence-corrected chi connectivity index (χ4v) is 3.66. The molecule has 1 spiro atoms. The normalized spacial score (nSPS) is 19.5. The second kappa shape index (κ2) is 5.12. The summed E-state index contributed by atoms with van der Waals surface area (Å²) in [6, 6.07) is 4.92. The van der Waals surface area contributed by atoms with E-state index in [0.717, 1.165) is 12.8 Å². The minimum absolute atomic E-state index is 0.0343. The van der Waals surface area contributed by atoms with Crippen molar-refractivity contribution in [2.24, 2.45) is 5.41 Å². The van der Waals surface area contributed by atoms with Crippen LogP contribution in [0.3, 0.4) is 0 Å². The van der Waals surface area contributed by atoms with Gasteiger partial charge in [-0.3, -0.25) is 9.78 Å². The lowest BCUT2D eigenvalue weighted by atomic mass is 9.72. The van der Waals surface area contributed by atoms with E-state index in [-0.39, 0.29) is 11.3 Å². The van der Waals surface area contributed by atoms with E-state index < -0.39 is 11.8 Å². The van der Waals surface area contributed by atoms with Crippen molar-refractivity contribution >= 4 is 23.1 Å². The second-order valence-electron chi connectivity index (χ2n) is 6.66. The molecule has 0 unspecified atom stereocenters. The van der Waals surface area contributed by atoms with Crippen molar-refractivity contribution in [3.05, 3.63) is 34.3 Å². The molecule has 0 aliphatic carbocycles. The van der Waals surface area contributed by atoms with Gasteiger partial charge in [0, 0.05) is 37.2 Å². The lowest BCUT2D eigenvalue weighted by Gasteiger charge is -2.52. The molecule has 2 aliphatic rings. The molecule has 126 valence electrons. The SMILES string of the molecule is O=C(O)N1CC2(CCN(C(=O)c3ccc4[nH]c(=O)oc4c3)CC2)C1. The Labute approximate surface area is 136 Å². The number of aromatic amines is 1. The van der Waals surface area contributed by atoms with E-state index >= 15 is 0 Å². The van der Waals surface area contributed by atoms with Gasteiger partial charge in [-0.05, 0) is 31.0 Å². The van der Waals surface area contributed by atoms with Gasteiger partial charge in [-0.1, -0.05) is 0 Å². The van der Waals surface area contributed by atoms with Crippen molar-refractivity contribution in [2.45, 2.75) is 12.8 Å². The molecular weight excluding hydrogens is 314 g/mol. The van der Waals surface area contributed by atoms with E-state index in [1.54, 1.807) is 23.1 Å². The van der Waals surface area contributed by atoms with Crippen LogP contribution in [0.25, 0.3) is 11.1 Å². The van der Waals surface area contributed by atoms with Crippen LogP contribution in [0.4, 0.5) is 4.79 Å². The molecule has 0 bridgehead atoms. The Kier molecular flexibility index (Phi) is 3.16. The van der Waals surface area contributed by atoms with Crippen LogP contribution < -0.4 is 5.76 Å². The zero-order valence-electron chi connectivity index (χ0n) is 12.9. The number of oxazole rings is 1. The van der Waals surface area contributed by atoms with E-state index in [9.17, 15) is 14.4 Å². The number of carbonyl (C=O) groups excluding carboxylic acids is 1. The molecule has 24 heavy (non-hydrogen) atoms. The summed E-state index contributed by atoms with van der Waals surface area (Å²) >= 11 is 0. The second-order valence-corrected chi connectivity index (χ2v) is 6.66. The number of hydrogen-bond acceptors (Lipinski definition) is 4. The van der Waals surface area contributed by atoms with Crippen molar-refractivity contribution in [1.29, 1.82) is 0 Å². The van der Waals surface area contributed by atoms with Crippen LogP contribution in [-0.2, 0) is 0 Å². The maximum absolute atomic E-state index is 12.6. The molecule has 3 heterocycles. The van der Waals surface area contributed by atoms with Gasteiger partial charge in [0.25, 0.3) is 5.91 Å². The van der Waals surface area contributed by atoms with Crippen molar-refractivity contribution in [1.82, 2.24) is 14.8 Å². The first-order valence-electron chi connectivity index (χ1n) is 7.86. The number of amides is 2. The summed E-state index contributed by atoms with van der Waals surface area (Å²) in [6.45, 7) is 2.35. The molecule has 0 radical (unpaired) electrons. The van der Waals surface area contributed by atoms with Crippen molar-refractivity contribution in [3.8, 4) is 0 Å². The average molecular weight is 331 g/mol. The molecule has 0 saturated carbocycles. The Morgan fingerprint density at radius 1 is 1.17 bits per heavy atom. The number of rotatable bonds is 1. The number of nitrogens with zero attached hydrogens (tertiary/aromatic N) is 2. The highest BCUT2D eigenvalue weighted by molar-refractivity contribution is 5.97. The number of piperidine rings is 1. The molecule has 0 atom stereocenters. The van der Waals surface area contributed by atoms with Gasteiger partial charge in [-0.15, -0.1) is 0 Å². The van der Waals surface area contributed by atoms with Gasteiger partial charge >= 0.3 is 11.8 Å². The summed E-state index contributed by atoms with van der Waals surface area (Å²) in [7, 11) is 0. The van der Waals surface area contributed by atoms with E-state index in [2.05, 4.69) is 4.98 Å². The van der Waals surface area contributed by atoms with E-state index in [1.165, 1.54) is 4.90 Å². The van der Waals surface area contributed by atoms with Crippen LogP contribution in [0, 0.1) is 5.41 Å². The number of hydrogen-bond donors (Lipinski definition) is 2. The summed E-state index contributed by atoms with van der Waals surface area (Å²) in [5.41, 5.74) is 1.46. The molecule has 2 aliphatic heterocycles. The summed E-state index contributed by atoms with van der Waals surface area (Å²) < 4.78 is 5.00. The van der Waals surface area contributed by atoms with Crippen LogP contribution in [0.15, 0.2) is 27.4 Å². The monoisotopic (exact) mass is 331 g/mol. The summed E-state index contributed by atoms with van der Waals surface area (Å²) in [5, 5.41) is 8.95. The number of carbonyl (C=O) groups is 2. The molecule has 2 amide bonds. The van der Waals surface area contributed by atoms with E-state index in [0.29, 0.717) is 42.8 Å². The lowest BCUT2D eigenvalue weighted by Crippen LogP contribution is -2.62. The average Bonchev–Trinajstić information content (AvgIpc) is 2.91. The maximum Gasteiger partial charge on any atom is 0.417 e. The first-order valence-corrected chi connectivity index (χ1v) is 7.86. The van der Waals surface area contributed by atoms with Crippen LogP contribution in [0.5, 0.6) is 0 Å². The zero-order chi connectivity index (χ0) is 16.9. The first-order chi connectivity index (χ1) is 11.5. The Morgan fingerprint density at radius 2 is 1.88 bits per heavy atom. The number of H-pyrrole nitrogens is 1. The number of nitrogens with one attached hydrogen (secondary N) is 1. The third kappa shape index (κ3) is 2.34. The summed E-state index contributed by atoms with van der Waals surface area (Å²) in [4.78, 5) is 40.5. The van der Waals surface area contributed by atoms with Crippen molar-refractivity contribution in [3.63, 3.8) is 0 Å². The van der Waals surface area contributed by atoms with Crippen LogP contribution >= 0.6 is 0 Å². The molecule has 8 nitrogen and oxygen atoms in total. The number of aromatic nitrogens is 1. The molecule has 4 rings (SSSR count). The fraction of sp³-hybridized carbons (Fsp3) is 0.438. The highest BCUT2D eigenvalue weighted by Crippen LogP contribution is 2.40. The van der Waals surface area contributed by atoms with Gasteiger partial charge in [0.15, 0.2) is 5.58 Å². The molecule has 2 N–H and O–H groups in total. The van der Waals surface area contributed by atoms with Crippen LogP contribution in [0.1, 0.15) is 23.2 Å². The fourth-order valence-electron chi connectivity index (χ4n) is 3.66. The molecule has 2 aromatic rings. The highest BCUT2D eigenvalue weighted by atomic mass is 16.4. The molecule has 2 fully saturated rings. The minimum Gasteiger partial charge on any atom is -0.465 e. The molecular formula is C16H17N3O5. The number of carboxylic acid groups (broad SMARTS) is 1. The molecule has 8 heteroatoms. The predicted molar refractivity (Wildman–Crippen MR) is 84.0 cm³/mol. The minimum atomic E-state index is -0.875. The van der Waals surface area contributed by atoms with Crippen LogP contribution in [-0.4, -0.2) is 58.1 Å². The third-order valence-electron chi connectivity index (χ3n) is 5.10. The highest BCUT2D eigenvalue weighted by Gasteiger charge is 2.47. The maximum atomic E-state index is 12.6. The van der Waals surface area contributed by atoms with Crippen LogP contribution in [0.2, 0.25) is 0 Å². The van der Waals surface area contributed by atoms with E-state index in [1.807, 2.05) is 0 Å². The number of likely N-dealkylation sites (tertiary alicyclic amines) is 2. The molecule has 2 saturated heterocycles. The van der Waals surface area contributed by atoms with Gasteiger partial charge in [-0.25, -0.2) is 9.59 Å². The van der Waals surface area contributed by atoms with Gasteiger partial charge in [0.1, 0.15) is 0 Å². The summed E-state index contributed by atoms with van der Waals surface area (Å²) in [6.07, 6.45) is 0.744. The summed E-state index contributed by atoms with van der Waals surface area (Å²) in [5.74, 6) is -0.632. The Morgan fingerprint density at radius 3 is 2.54 bits per heavy atom. The molecule has 1 aromatic heterocycles. The predicted octanol–water partition coefficient (Wildman–Crippen LogP) is 1.34. The zero-order valence-corrected chi connectivity index (χ0v) is 12.9. The Hall–Kier alpha value is -2.77. The van der Waals surface area contributed by atoms with Gasteiger partial charge in [0.05, 0.1) is 5.52 Å². The van der Waals surface area contributed by atoms with E-state index in [4.69, 9.17) is 9.52 Å². The third-order valence-corrected chi connectivity index (χ3v) is 5.10. The number of fused-ring (bicyclic) bond motifs is 1. The Bertz CT molecular complexity index is 867. The van der Waals surface area contributed by atoms with Crippen molar-refractivity contribution in [2.75, 3.05) is 26.2 Å². The number of benzene rings is 1.